The predicted molar refractivity (Wildman–Crippen MR) is 73.1 cm³/mol. The minimum Gasteiger partial charge on any atom is -0.382 e. The average Bonchev–Trinajstić information content (AvgIpc) is 2.92. The van der Waals surface area contributed by atoms with Crippen molar-refractivity contribution in [1.82, 2.24) is 4.90 Å². The van der Waals surface area contributed by atoms with Crippen LogP contribution in [0, 0.1) is 17.6 Å². The second-order valence-electron chi connectivity index (χ2n) is 5.10. The Bertz CT molecular complexity index is 496. The van der Waals surface area contributed by atoms with Crippen molar-refractivity contribution in [2.75, 3.05) is 40.0 Å². The molecule has 0 saturated carbocycles. The zero-order valence-corrected chi connectivity index (χ0v) is 12.0. The molecule has 1 aromatic rings. The highest BCUT2D eigenvalue weighted by Gasteiger charge is 2.28. The number of methoxy groups -OCH3 is 1. The van der Waals surface area contributed by atoms with E-state index >= 15 is 0 Å². The normalized spacial score (nSPS) is 18.2. The Labute approximate surface area is 122 Å². The van der Waals surface area contributed by atoms with Gasteiger partial charge in [0.05, 0.1) is 25.4 Å². The minimum absolute atomic E-state index is 0.0858. The van der Waals surface area contributed by atoms with E-state index in [0.29, 0.717) is 32.9 Å². The molecule has 1 amide bonds. The van der Waals surface area contributed by atoms with Gasteiger partial charge in [-0.25, -0.2) is 8.78 Å². The molecule has 4 nitrogen and oxygen atoms in total. The number of benzene rings is 1. The number of hydrogen-bond donors (Lipinski definition) is 0. The van der Waals surface area contributed by atoms with Crippen molar-refractivity contribution >= 4 is 5.91 Å². The lowest BCUT2D eigenvalue weighted by atomic mass is 10.1. The number of hydrogen-bond acceptors (Lipinski definition) is 3. The second-order valence-corrected chi connectivity index (χ2v) is 5.10. The average molecular weight is 299 g/mol. The van der Waals surface area contributed by atoms with Crippen LogP contribution in [0.1, 0.15) is 16.8 Å². The Morgan fingerprint density at radius 3 is 2.90 bits per heavy atom. The van der Waals surface area contributed by atoms with Gasteiger partial charge in [-0.2, -0.15) is 0 Å². The molecular formula is C15H19F2NO3. The largest absolute Gasteiger partial charge is 0.382 e. The molecule has 2 rings (SSSR count). The van der Waals surface area contributed by atoms with E-state index in [9.17, 15) is 13.6 Å². The number of rotatable bonds is 6. The van der Waals surface area contributed by atoms with E-state index in [1.165, 1.54) is 6.07 Å². The molecule has 1 atom stereocenters. The summed E-state index contributed by atoms with van der Waals surface area (Å²) in [5.41, 5.74) is -0.0858. The molecule has 1 heterocycles. The minimum atomic E-state index is -0.820. The van der Waals surface area contributed by atoms with Gasteiger partial charge in [0.2, 0.25) is 0 Å². The molecule has 0 aromatic heterocycles. The lowest BCUT2D eigenvalue weighted by Gasteiger charge is -2.17. The molecule has 0 N–H and O–H groups in total. The van der Waals surface area contributed by atoms with Crippen molar-refractivity contribution in [3.05, 3.63) is 35.4 Å². The molecule has 1 aliphatic rings. The third-order valence-electron chi connectivity index (χ3n) is 3.52. The van der Waals surface area contributed by atoms with Crippen LogP contribution in [0.25, 0.3) is 0 Å². The Hall–Kier alpha value is -1.53. The Balaban J connectivity index is 1.87. The standard InChI is InChI=1S/C15H19F2NO3/c1-20-6-7-21-10-11-4-5-18(9-11)15(19)13-3-2-12(16)8-14(13)17/h2-3,8,11H,4-7,9-10H2,1H3/t11-/m1/s1. The predicted octanol–water partition coefficient (Wildman–Crippen LogP) is 2.09. The maximum atomic E-state index is 13.6. The molecule has 6 heteroatoms. The summed E-state index contributed by atoms with van der Waals surface area (Å²) in [7, 11) is 1.61. The van der Waals surface area contributed by atoms with E-state index < -0.39 is 17.5 Å². The Kier molecular flexibility index (Phi) is 5.64. The smallest absolute Gasteiger partial charge is 0.256 e. The molecule has 0 aliphatic carbocycles. The molecule has 1 saturated heterocycles. The van der Waals surface area contributed by atoms with Gasteiger partial charge in [-0.3, -0.25) is 4.79 Å². The van der Waals surface area contributed by atoms with Gasteiger partial charge in [-0.05, 0) is 18.6 Å². The lowest BCUT2D eigenvalue weighted by Crippen LogP contribution is -2.30. The number of carbonyl (C=O) groups excluding carboxylic acids is 1. The summed E-state index contributed by atoms with van der Waals surface area (Å²) in [6.07, 6.45) is 0.821. The van der Waals surface area contributed by atoms with Crippen molar-refractivity contribution in [3.63, 3.8) is 0 Å². The molecule has 116 valence electrons. The molecule has 1 aliphatic heterocycles. The van der Waals surface area contributed by atoms with Gasteiger partial charge < -0.3 is 14.4 Å². The fraction of sp³-hybridized carbons (Fsp3) is 0.533. The number of nitrogens with zero attached hydrogens (tertiary/aromatic N) is 1. The first-order valence-corrected chi connectivity index (χ1v) is 6.93. The Morgan fingerprint density at radius 2 is 2.19 bits per heavy atom. The van der Waals surface area contributed by atoms with Gasteiger partial charge in [0.25, 0.3) is 5.91 Å². The van der Waals surface area contributed by atoms with Crippen LogP contribution < -0.4 is 0 Å². The molecule has 0 radical (unpaired) electrons. The van der Waals surface area contributed by atoms with Gasteiger partial charge in [-0.15, -0.1) is 0 Å². The summed E-state index contributed by atoms with van der Waals surface area (Å²) in [6, 6.07) is 3.02. The number of likely N-dealkylation sites (tertiary alicyclic amines) is 1. The SMILES string of the molecule is COCCOC[C@@H]1CCN(C(=O)c2ccc(F)cc2F)C1. The van der Waals surface area contributed by atoms with Gasteiger partial charge >= 0.3 is 0 Å². The van der Waals surface area contributed by atoms with E-state index in [-0.39, 0.29) is 11.5 Å². The quantitative estimate of drug-likeness (QED) is 0.755. The van der Waals surface area contributed by atoms with Crippen LogP contribution in [-0.2, 0) is 9.47 Å². The molecule has 0 bridgehead atoms. The highest BCUT2D eigenvalue weighted by atomic mass is 19.1. The number of halogens is 2. The molecule has 1 aromatic carbocycles. The van der Waals surface area contributed by atoms with Crippen molar-refractivity contribution in [2.24, 2.45) is 5.92 Å². The van der Waals surface area contributed by atoms with Crippen LogP contribution in [0.3, 0.4) is 0 Å². The van der Waals surface area contributed by atoms with Gasteiger partial charge in [-0.1, -0.05) is 0 Å². The summed E-state index contributed by atoms with van der Waals surface area (Å²) < 4.78 is 36.8. The van der Waals surface area contributed by atoms with E-state index in [0.717, 1.165) is 18.6 Å². The molecule has 1 fully saturated rings. The van der Waals surface area contributed by atoms with Crippen LogP contribution in [0.5, 0.6) is 0 Å². The summed E-state index contributed by atoms with van der Waals surface area (Å²) in [5.74, 6) is -1.66. The van der Waals surface area contributed by atoms with Crippen LogP contribution >= 0.6 is 0 Å². The fourth-order valence-corrected chi connectivity index (χ4v) is 2.38. The third-order valence-corrected chi connectivity index (χ3v) is 3.52. The van der Waals surface area contributed by atoms with E-state index in [4.69, 9.17) is 9.47 Å². The fourth-order valence-electron chi connectivity index (χ4n) is 2.38. The first-order valence-electron chi connectivity index (χ1n) is 6.93. The molecular weight excluding hydrogens is 280 g/mol. The van der Waals surface area contributed by atoms with Crippen LogP contribution in [0.4, 0.5) is 8.78 Å². The third kappa shape index (κ3) is 4.22. The second kappa shape index (κ2) is 7.47. The van der Waals surface area contributed by atoms with E-state index in [1.807, 2.05) is 0 Å². The van der Waals surface area contributed by atoms with Crippen molar-refractivity contribution in [3.8, 4) is 0 Å². The van der Waals surface area contributed by atoms with Gasteiger partial charge in [0.15, 0.2) is 0 Å². The van der Waals surface area contributed by atoms with Crippen molar-refractivity contribution in [1.29, 1.82) is 0 Å². The topological polar surface area (TPSA) is 38.8 Å². The molecule has 0 unspecified atom stereocenters. The number of ether oxygens (including phenoxy) is 2. The summed E-state index contributed by atoms with van der Waals surface area (Å²) in [6.45, 7) is 2.71. The summed E-state index contributed by atoms with van der Waals surface area (Å²) in [4.78, 5) is 13.8. The lowest BCUT2D eigenvalue weighted by molar-refractivity contribution is 0.0515. The number of amides is 1. The molecule has 0 spiro atoms. The first-order chi connectivity index (χ1) is 10.1. The monoisotopic (exact) mass is 299 g/mol. The zero-order valence-electron chi connectivity index (χ0n) is 12.0. The maximum absolute atomic E-state index is 13.6. The van der Waals surface area contributed by atoms with Crippen LogP contribution in [0.15, 0.2) is 18.2 Å². The van der Waals surface area contributed by atoms with Gasteiger partial charge in [0, 0.05) is 32.2 Å². The number of carbonyl (C=O) groups is 1. The van der Waals surface area contributed by atoms with Crippen LogP contribution in [-0.4, -0.2) is 50.8 Å². The highest BCUT2D eigenvalue weighted by molar-refractivity contribution is 5.94. The summed E-state index contributed by atoms with van der Waals surface area (Å²) in [5, 5.41) is 0. The van der Waals surface area contributed by atoms with E-state index in [1.54, 1.807) is 12.0 Å². The maximum Gasteiger partial charge on any atom is 0.256 e. The Morgan fingerprint density at radius 1 is 1.38 bits per heavy atom. The van der Waals surface area contributed by atoms with E-state index in [2.05, 4.69) is 0 Å². The zero-order chi connectivity index (χ0) is 15.2. The van der Waals surface area contributed by atoms with Crippen molar-refractivity contribution < 1.29 is 23.0 Å². The highest BCUT2D eigenvalue weighted by Crippen LogP contribution is 2.20. The summed E-state index contributed by atoms with van der Waals surface area (Å²) >= 11 is 0. The first kappa shape index (κ1) is 15.9. The van der Waals surface area contributed by atoms with Crippen LogP contribution in [0.2, 0.25) is 0 Å². The molecule has 21 heavy (non-hydrogen) atoms. The van der Waals surface area contributed by atoms with Gasteiger partial charge in [0.1, 0.15) is 11.6 Å². The van der Waals surface area contributed by atoms with Crippen molar-refractivity contribution in [2.45, 2.75) is 6.42 Å².